The smallest absolute Gasteiger partial charge is 0.264 e. The van der Waals surface area contributed by atoms with Crippen molar-refractivity contribution in [2.24, 2.45) is 0 Å². The number of aryl methyl sites for hydroxylation is 1. The van der Waals surface area contributed by atoms with Gasteiger partial charge in [-0.05, 0) is 30.7 Å². The quantitative estimate of drug-likeness (QED) is 0.734. The average molecular weight is 357 g/mol. The lowest BCUT2D eigenvalue weighted by Crippen LogP contribution is -2.25. The Morgan fingerprint density at radius 1 is 1.15 bits per heavy atom. The first-order valence-electron chi connectivity index (χ1n) is 7.84. The van der Waals surface area contributed by atoms with Crippen molar-refractivity contribution in [2.75, 3.05) is 5.32 Å². The lowest BCUT2D eigenvalue weighted by Gasteiger charge is -2.24. The van der Waals surface area contributed by atoms with Crippen LogP contribution in [0.4, 0.5) is 14.6 Å². The van der Waals surface area contributed by atoms with Crippen molar-refractivity contribution < 1.29 is 13.6 Å². The summed E-state index contributed by atoms with van der Waals surface area (Å²) < 4.78 is 28.4. The minimum atomic E-state index is -0.970. The van der Waals surface area contributed by atoms with Gasteiger partial charge in [-0.15, -0.1) is 0 Å². The Balaban J connectivity index is 1.88. The Morgan fingerprint density at radius 2 is 1.96 bits per heavy atom. The molecular weight excluding hydrogens is 344 g/mol. The number of benzene rings is 1. The SMILES string of the molecule is Cc1nn(-c2ccc(=O)[nH]n2)c2c1[C@H](c1ccc(F)c(F)c1)CC(=O)N2. The molecule has 0 bridgehead atoms. The predicted molar refractivity (Wildman–Crippen MR) is 88.2 cm³/mol. The molecule has 3 heterocycles. The zero-order valence-electron chi connectivity index (χ0n) is 13.6. The lowest BCUT2D eigenvalue weighted by atomic mass is 9.86. The summed E-state index contributed by atoms with van der Waals surface area (Å²) in [6.07, 6.45) is 0.0870. The first-order chi connectivity index (χ1) is 12.4. The molecule has 7 nitrogen and oxygen atoms in total. The van der Waals surface area contributed by atoms with Gasteiger partial charge in [0.15, 0.2) is 17.5 Å². The number of nitrogens with zero attached hydrogens (tertiary/aromatic N) is 3. The van der Waals surface area contributed by atoms with Crippen LogP contribution in [0.3, 0.4) is 0 Å². The van der Waals surface area contributed by atoms with Crippen molar-refractivity contribution in [2.45, 2.75) is 19.3 Å². The van der Waals surface area contributed by atoms with E-state index in [9.17, 15) is 18.4 Å². The second-order valence-corrected chi connectivity index (χ2v) is 6.02. The van der Waals surface area contributed by atoms with E-state index in [2.05, 4.69) is 20.6 Å². The summed E-state index contributed by atoms with van der Waals surface area (Å²) in [6.45, 7) is 1.76. The molecular formula is C17H13F2N5O2. The first-order valence-corrected chi connectivity index (χ1v) is 7.84. The Kier molecular flexibility index (Phi) is 3.64. The molecule has 26 heavy (non-hydrogen) atoms. The fourth-order valence-corrected chi connectivity index (χ4v) is 3.18. The van der Waals surface area contributed by atoms with Gasteiger partial charge >= 0.3 is 0 Å². The van der Waals surface area contributed by atoms with Crippen LogP contribution in [-0.4, -0.2) is 25.9 Å². The number of hydrogen-bond acceptors (Lipinski definition) is 4. The van der Waals surface area contributed by atoms with Crippen molar-refractivity contribution in [3.8, 4) is 5.82 Å². The van der Waals surface area contributed by atoms with Gasteiger partial charge in [-0.3, -0.25) is 9.59 Å². The monoisotopic (exact) mass is 357 g/mol. The fourth-order valence-electron chi connectivity index (χ4n) is 3.18. The van der Waals surface area contributed by atoms with E-state index in [0.29, 0.717) is 28.5 Å². The van der Waals surface area contributed by atoms with Gasteiger partial charge in [0.2, 0.25) is 5.91 Å². The third-order valence-electron chi connectivity index (χ3n) is 4.33. The summed E-state index contributed by atoms with van der Waals surface area (Å²) >= 11 is 0. The standard InChI is InChI=1S/C17H13F2N5O2/c1-8-16-10(9-2-3-11(18)12(19)6-9)7-15(26)20-17(16)24(23-8)13-4-5-14(25)22-21-13/h2-6,10H,7H2,1H3,(H,20,26)(H,22,25)/t10-/m0/s1. The number of halogens is 2. The van der Waals surface area contributed by atoms with Crippen molar-refractivity contribution in [3.05, 3.63) is 69.1 Å². The number of H-pyrrole nitrogens is 1. The zero-order chi connectivity index (χ0) is 18.4. The maximum absolute atomic E-state index is 13.7. The molecule has 2 aromatic heterocycles. The molecule has 1 aliphatic heterocycles. The van der Waals surface area contributed by atoms with E-state index < -0.39 is 17.6 Å². The number of amides is 1. The van der Waals surface area contributed by atoms with Crippen LogP contribution in [0.1, 0.15) is 29.2 Å². The molecule has 0 saturated carbocycles. The van der Waals surface area contributed by atoms with Crippen LogP contribution in [0.5, 0.6) is 0 Å². The van der Waals surface area contributed by atoms with Crippen LogP contribution in [0.2, 0.25) is 0 Å². The Labute approximate surface area is 145 Å². The number of nitrogens with one attached hydrogen (secondary N) is 2. The van der Waals surface area contributed by atoms with Gasteiger partial charge < -0.3 is 5.32 Å². The van der Waals surface area contributed by atoms with Gasteiger partial charge in [0.1, 0.15) is 5.82 Å². The highest BCUT2D eigenvalue weighted by molar-refractivity contribution is 5.95. The molecule has 1 amide bonds. The molecule has 3 aromatic rings. The van der Waals surface area contributed by atoms with Crippen LogP contribution < -0.4 is 10.9 Å². The van der Waals surface area contributed by atoms with Crippen molar-refractivity contribution in [1.82, 2.24) is 20.0 Å². The van der Waals surface area contributed by atoms with Crippen molar-refractivity contribution >= 4 is 11.7 Å². The number of anilines is 1. The fraction of sp³-hybridized carbons (Fsp3) is 0.176. The highest BCUT2D eigenvalue weighted by atomic mass is 19.2. The van der Waals surface area contributed by atoms with Gasteiger partial charge in [0.25, 0.3) is 5.56 Å². The highest BCUT2D eigenvalue weighted by Gasteiger charge is 2.33. The minimum Gasteiger partial charge on any atom is -0.310 e. The van der Waals surface area contributed by atoms with Gasteiger partial charge in [-0.2, -0.15) is 14.9 Å². The number of fused-ring (bicyclic) bond motifs is 1. The molecule has 2 N–H and O–H groups in total. The van der Waals surface area contributed by atoms with Crippen LogP contribution in [0, 0.1) is 18.6 Å². The molecule has 0 unspecified atom stereocenters. The number of hydrogen-bond donors (Lipinski definition) is 2. The van der Waals surface area contributed by atoms with E-state index in [1.165, 1.54) is 22.9 Å². The van der Waals surface area contributed by atoms with Crippen LogP contribution in [-0.2, 0) is 4.79 Å². The summed E-state index contributed by atoms with van der Waals surface area (Å²) in [5, 5.41) is 13.4. The average Bonchev–Trinajstić information content (AvgIpc) is 2.94. The molecule has 1 aromatic carbocycles. The Morgan fingerprint density at radius 3 is 2.65 bits per heavy atom. The molecule has 1 atom stereocenters. The third kappa shape index (κ3) is 2.57. The normalized spacial score (nSPS) is 16.3. The molecule has 0 spiro atoms. The topological polar surface area (TPSA) is 92.7 Å². The number of carbonyl (C=O) groups is 1. The Hall–Kier alpha value is -3.36. The maximum Gasteiger partial charge on any atom is 0.264 e. The van der Waals surface area contributed by atoms with Gasteiger partial charge in [-0.25, -0.2) is 13.9 Å². The molecule has 1 aliphatic rings. The second kappa shape index (κ2) is 5.87. The molecule has 0 aliphatic carbocycles. The van der Waals surface area contributed by atoms with E-state index in [-0.39, 0.29) is 17.9 Å². The third-order valence-corrected chi connectivity index (χ3v) is 4.33. The van der Waals surface area contributed by atoms with E-state index >= 15 is 0 Å². The first kappa shape index (κ1) is 16.1. The number of aromatic nitrogens is 4. The van der Waals surface area contributed by atoms with Crippen molar-refractivity contribution in [1.29, 1.82) is 0 Å². The Bertz CT molecular complexity index is 1070. The molecule has 0 saturated heterocycles. The molecule has 132 valence electrons. The van der Waals surface area contributed by atoms with Crippen LogP contribution in [0.25, 0.3) is 5.82 Å². The van der Waals surface area contributed by atoms with Gasteiger partial charge in [-0.1, -0.05) is 6.07 Å². The number of rotatable bonds is 2. The molecule has 4 rings (SSSR count). The molecule has 0 radical (unpaired) electrons. The predicted octanol–water partition coefficient (Wildman–Crippen LogP) is 2.02. The van der Waals surface area contributed by atoms with E-state index in [1.54, 1.807) is 6.92 Å². The van der Waals surface area contributed by atoms with E-state index in [4.69, 9.17) is 0 Å². The summed E-state index contributed by atoms with van der Waals surface area (Å²) in [6, 6.07) is 6.36. The molecule has 9 heteroatoms. The van der Waals surface area contributed by atoms with Gasteiger partial charge in [0.05, 0.1) is 5.69 Å². The van der Waals surface area contributed by atoms with E-state index in [1.807, 2.05) is 0 Å². The number of aromatic amines is 1. The summed E-state index contributed by atoms with van der Waals surface area (Å²) in [5.74, 6) is -1.95. The van der Waals surface area contributed by atoms with Crippen LogP contribution in [0.15, 0.2) is 35.1 Å². The summed E-state index contributed by atoms with van der Waals surface area (Å²) in [7, 11) is 0. The minimum absolute atomic E-state index is 0.0870. The highest BCUT2D eigenvalue weighted by Crippen LogP contribution is 2.40. The summed E-state index contributed by atoms with van der Waals surface area (Å²) in [5.41, 5.74) is 1.43. The largest absolute Gasteiger partial charge is 0.310 e. The zero-order valence-corrected chi connectivity index (χ0v) is 13.6. The molecule has 0 fully saturated rings. The second-order valence-electron chi connectivity index (χ2n) is 6.02. The van der Waals surface area contributed by atoms with E-state index in [0.717, 1.165) is 12.1 Å². The maximum atomic E-state index is 13.7. The van der Waals surface area contributed by atoms with Gasteiger partial charge in [0, 0.05) is 24.0 Å². The van der Waals surface area contributed by atoms with Crippen LogP contribution >= 0.6 is 0 Å². The lowest BCUT2D eigenvalue weighted by molar-refractivity contribution is -0.116. The number of carbonyl (C=O) groups excluding carboxylic acids is 1. The van der Waals surface area contributed by atoms with Crippen molar-refractivity contribution in [3.63, 3.8) is 0 Å². The summed E-state index contributed by atoms with van der Waals surface area (Å²) in [4.78, 5) is 23.4.